The lowest BCUT2D eigenvalue weighted by Crippen LogP contribution is -2.25. The highest BCUT2D eigenvalue weighted by molar-refractivity contribution is 6.09. The summed E-state index contributed by atoms with van der Waals surface area (Å²) < 4.78 is 58.9. The first-order valence-corrected chi connectivity index (χ1v) is 27.4. The number of pyridine rings is 1. The molecule has 0 aliphatic carbocycles. The van der Waals surface area contributed by atoms with Crippen LogP contribution >= 0.6 is 0 Å². The van der Waals surface area contributed by atoms with Gasteiger partial charge in [-0.2, -0.15) is 0 Å². The molecule has 0 bridgehead atoms. The number of nitrogens with zero attached hydrogens (tertiary/aromatic N) is 4. The first-order valence-electron chi connectivity index (χ1n) is 30.4. The number of aryl methyl sites for hydroxylation is 2. The third kappa shape index (κ3) is 9.77. The standard InChI is InChI=1S/C74H70N4O/c1-48-18-16-19-54(40-48)65-46-75-70(41-49(65)2)78-66-23-13-12-22-61(66)62-39-38-60(45-69(62)78)79-59-21-17-20-58(44-59)76-47-77(68-25-15-14-24-67(68)76)71-63(52-28-26-50(27-29-52)51-30-34-55(35-31-51)72(3,4)5)42-57(74(9,10)11)43-64(71)53-32-36-56(37-33-53)73(6,7)8/h12-46H,47H2,1-11H3/i1D3,2D3. The molecular weight excluding hydrogens is 961 g/mol. The van der Waals surface area contributed by atoms with Crippen LogP contribution in [0.25, 0.3) is 72.1 Å². The van der Waals surface area contributed by atoms with Gasteiger partial charge in [0, 0.05) is 59.7 Å². The lowest BCUT2D eigenvalue weighted by Gasteiger charge is -2.30. The Labute approximate surface area is 475 Å². The molecule has 11 aromatic rings. The van der Waals surface area contributed by atoms with Gasteiger partial charge in [-0.05, 0) is 141 Å². The quantitative estimate of drug-likeness (QED) is 0.144. The number of hydrogen-bond donors (Lipinski definition) is 0. The predicted octanol–water partition coefficient (Wildman–Crippen LogP) is 20.4. The third-order valence-corrected chi connectivity index (χ3v) is 15.6. The average molecular weight is 1040 g/mol. The third-order valence-electron chi connectivity index (χ3n) is 15.6. The molecule has 0 saturated carbocycles. The highest BCUT2D eigenvalue weighted by atomic mass is 16.5. The predicted molar refractivity (Wildman–Crippen MR) is 334 cm³/mol. The summed E-state index contributed by atoms with van der Waals surface area (Å²) in [6.07, 6.45) is 1.54. The van der Waals surface area contributed by atoms with Gasteiger partial charge in [-0.3, -0.25) is 4.57 Å². The highest BCUT2D eigenvalue weighted by Crippen LogP contribution is 2.52. The minimum atomic E-state index is -2.54. The molecule has 2 aromatic heterocycles. The van der Waals surface area contributed by atoms with Crippen LogP contribution < -0.4 is 14.5 Å². The summed E-state index contributed by atoms with van der Waals surface area (Å²) in [7, 11) is 0. The van der Waals surface area contributed by atoms with Crippen molar-refractivity contribution in [1.29, 1.82) is 0 Å². The van der Waals surface area contributed by atoms with Crippen LogP contribution in [0.1, 0.15) is 98.4 Å². The molecule has 3 heterocycles. The van der Waals surface area contributed by atoms with E-state index in [1.54, 1.807) is 18.2 Å². The topological polar surface area (TPSA) is 33.5 Å². The molecule has 9 aromatic carbocycles. The van der Waals surface area contributed by atoms with Gasteiger partial charge < -0.3 is 14.5 Å². The summed E-state index contributed by atoms with van der Waals surface area (Å²) >= 11 is 0. The molecule has 1 aliphatic rings. The molecule has 79 heavy (non-hydrogen) atoms. The van der Waals surface area contributed by atoms with Gasteiger partial charge >= 0.3 is 0 Å². The van der Waals surface area contributed by atoms with Crippen LogP contribution in [0.4, 0.5) is 22.7 Å². The van der Waals surface area contributed by atoms with Crippen molar-refractivity contribution < 1.29 is 13.0 Å². The van der Waals surface area contributed by atoms with E-state index in [0.29, 0.717) is 35.1 Å². The largest absolute Gasteiger partial charge is 0.457 e. The zero-order valence-electron chi connectivity index (χ0n) is 52.6. The van der Waals surface area contributed by atoms with E-state index in [2.05, 4.69) is 193 Å². The first-order chi connectivity index (χ1) is 40.3. The van der Waals surface area contributed by atoms with Gasteiger partial charge in [0.25, 0.3) is 0 Å². The molecule has 5 nitrogen and oxygen atoms in total. The SMILES string of the molecule is [2H]C([2H])([2H])c1cccc(-c2cnc(-n3c4ccccc4c4ccc(Oc5cccc(N6CN(c7c(-c8ccc(-c9ccc(C(C)(C)C)cc9)cc8)cc(C(C)(C)C)cc7-c7ccc(C(C)(C)C)cc7)c7ccccc76)c5)cc43)cc2C([2H])([2H])[2H])c1. The highest BCUT2D eigenvalue weighted by Gasteiger charge is 2.33. The van der Waals surface area contributed by atoms with Crippen molar-refractivity contribution in [3.05, 3.63) is 240 Å². The smallest absolute Gasteiger partial charge is 0.137 e. The van der Waals surface area contributed by atoms with Crippen LogP contribution in [0.15, 0.2) is 212 Å². The Kier molecular flexibility index (Phi) is 11.0. The number of fused-ring (bicyclic) bond motifs is 4. The summed E-state index contributed by atoms with van der Waals surface area (Å²) in [5.41, 5.74) is 17.6. The molecule has 0 amide bonds. The van der Waals surface area contributed by atoms with Crippen LogP contribution in [0.2, 0.25) is 0 Å². The van der Waals surface area contributed by atoms with Crippen molar-refractivity contribution in [2.24, 2.45) is 0 Å². The molecule has 0 radical (unpaired) electrons. The van der Waals surface area contributed by atoms with Crippen molar-refractivity contribution in [2.75, 3.05) is 16.5 Å². The molecule has 5 heteroatoms. The number of ether oxygens (including phenoxy) is 1. The van der Waals surface area contributed by atoms with Gasteiger partial charge in [-0.1, -0.05) is 201 Å². The Morgan fingerprint density at radius 3 is 1.65 bits per heavy atom. The second-order valence-corrected chi connectivity index (χ2v) is 24.2. The van der Waals surface area contributed by atoms with Crippen molar-refractivity contribution in [1.82, 2.24) is 9.55 Å². The monoisotopic (exact) mass is 1040 g/mol. The van der Waals surface area contributed by atoms with Crippen LogP contribution in [0, 0.1) is 13.7 Å². The number of anilines is 4. The second-order valence-electron chi connectivity index (χ2n) is 24.2. The number of para-hydroxylation sites is 3. The van der Waals surface area contributed by atoms with Crippen LogP contribution in [0.5, 0.6) is 11.5 Å². The fraction of sp³-hybridized carbons (Fsp3) is 0.203. The van der Waals surface area contributed by atoms with Crippen molar-refractivity contribution >= 4 is 44.6 Å². The Hall–Kier alpha value is -8.67. The van der Waals surface area contributed by atoms with E-state index in [-0.39, 0.29) is 27.4 Å². The summed E-state index contributed by atoms with van der Waals surface area (Å²) in [6.45, 7) is 16.0. The lowest BCUT2D eigenvalue weighted by molar-refractivity contribution is 0.483. The average Bonchev–Trinajstić information content (AvgIpc) is 2.13. The molecule has 0 spiro atoms. The van der Waals surface area contributed by atoms with E-state index in [9.17, 15) is 0 Å². The zero-order valence-corrected chi connectivity index (χ0v) is 46.6. The van der Waals surface area contributed by atoms with Crippen molar-refractivity contribution in [3.63, 3.8) is 0 Å². The summed E-state index contributed by atoms with van der Waals surface area (Å²) in [4.78, 5) is 9.74. The Bertz CT molecular complexity index is 4330. The van der Waals surface area contributed by atoms with Crippen molar-refractivity contribution in [3.8, 4) is 61.8 Å². The molecule has 12 rings (SSSR count). The first kappa shape index (κ1) is 44.3. The molecule has 0 unspecified atom stereocenters. The van der Waals surface area contributed by atoms with Crippen molar-refractivity contribution in [2.45, 2.75) is 92.3 Å². The molecule has 392 valence electrons. The molecule has 1 aliphatic heterocycles. The Balaban J connectivity index is 0.932. The van der Waals surface area contributed by atoms with Gasteiger partial charge in [0.15, 0.2) is 0 Å². The molecular formula is C74H70N4O. The maximum atomic E-state index is 8.67. The number of hydrogen-bond acceptors (Lipinski definition) is 4. The number of aromatic nitrogens is 2. The van der Waals surface area contributed by atoms with Gasteiger partial charge in [0.05, 0.1) is 28.1 Å². The van der Waals surface area contributed by atoms with E-state index in [4.69, 9.17) is 17.9 Å². The zero-order chi connectivity index (χ0) is 60.0. The fourth-order valence-electron chi connectivity index (χ4n) is 11.2. The Morgan fingerprint density at radius 2 is 1.00 bits per heavy atom. The van der Waals surface area contributed by atoms with Gasteiger partial charge in [0.1, 0.15) is 24.0 Å². The number of benzene rings is 9. The van der Waals surface area contributed by atoms with Gasteiger partial charge in [0.2, 0.25) is 0 Å². The van der Waals surface area contributed by atoms with Crippen LogP contribution in [0.3, 0.4) is 0 Å². The summed E-state index contributed by atoms with van der Waals surface area (Å²) in [6, 6.07) is 70.9. The normalized spacial score (nSPS) is 14.3. The lowest BCUT2D eigenvalue weighted by atomic mass is 9.81. The molecule has 0 atom stereocenters. The van der Waals surface area contributed by atoms with E-state index < -0.39 is 13.7 Å². The minimum absolute atomic E-state index is 0.00628. The maximum Gasteiger partial charge on any atom is 0.137 e. The molecule has 0 fully saturated rings. The van der Waals surface area contributed by atoms with Gasteiger partial charge in [-0.25, -0.2) is 4.98 Å². The summed E-state index contributed by atoms with van der Waals surface area (Å²) in [5, 5.41) is 1.91. The van der Waals surface area contributed by atoms with Crippen LogP contribution in [-0.2, 0) is 16.2 Å². The molecule has 0 N–H and O–H groups in total. The minimum Gasteiger partial charge on any atom is -0.457 e. The van der Waals surface area contributed by atoms with Crippen LogP contribution in [-0.4, -0.2) is 16.2 Å². The second kappa shape index (κ2) is 19.7. The van der Waals surface area contributed by atoms with E-state index in [1.165, 1.54) is 46.1 Å². The van der Waals surface area contributed by atoms with E-state index in [1.807, 2.05) is 59.2 Å². The summed E-state index contributed by atoms with van der Waals surface area (Å²) in [5.74, 6) is 1.64. The Morgan fingerprint density at radius 1 is 0.430 bits per heavy atom. The fourth-order valence-corrected chi connectivity index (χ4v) is 11.2. The van der Waals surface area contributed by atoms with Gasteiger partial charge in [-0.15, -0.1) is 0 Å². The maximum absolute atomic E-state index is 8.67. The number of rotatable bonds is 9. The van der Waals surface area contributed by atoms with E-state index in [0.717, 1.165) is 66.8 Å². The molecule has 0 saturated heterocycles. The van der Waals surface area contributed by atoms with E-state index >= 15 is 0 Å².